The number of hydrogen-bond acceptors (Lipinski definition) is 4. The zero-order valence-electron chi connectivity index (χ0n) is 19.3. The maximum atomic E-state index is 13.1. The second-order valence-electron chi connectivity index (χ2n) is 7.82. The van der Waals surface area contributed by atoms with E-state index in [4.69, 9.17) is 9.72 Å². The number of methoxy groups -OCH3 is 1. The molecule has 3 aromatic rings. The molecule has 0 radical (unpaired) electrons. The lowest BCUT2D eigenvalue weighted by Gasteiger charge is -2.23. The first kappa shape index (κ1) is 23.3. The Morgan fingerprint density at radius 2 is 1.72 bits per heavy atom. The Kier molecular flexibility index (Phi) is 7.87. The monoisotopic (exact) mass is 436 g/mol. The van der Waals surface area contributed by atoms with Crippen LogP contribution in [0, 0.1) is 0 Å². The van der Waals surface area contributed by atoms with Gasteiger partial charge in [-0.15, -0.1) is 0 Å². The molecule has 1 aromatic heterocycles. The van der Waals surface area contributed by atoms with E-state index in [1.807, 2.05) is 46.7 Å². The number of imidazole rings is 1. The number of aromatic nitrogens is 2. The van der Waals surface area contributed by atoms with Crippen molar-refractivity contribution in [2.75, 3.05) is 20.2 Å². The van der Waals surface area contributed by atoms with Crippen LogP contribution in [0.5, 0.6) is 5.75 Å². The number of carbonyl (C=O) groups excluding carboxylic acids is 2. The number of ether oxygens (including phenoxy) is 1. The third-order valence-electron chi connectivity index (χ3n) is 5.40. The van der Waals surface area contributed by atoms with Crippen molar-refractivity contribution in [1.82, 2.24) is 19.8 Å². The number of para-hydroxylation sites is 3. The Balaban J connectivity index is 1.90. The normalized spacial score (nSPS) is 11.9. The minimum absolute atomic E-state index is 0.0568. The molecule has 0 aliphatic rings. The van der Waals surface area contributed by atoms with Gasteiger partial charge in [-0.05, 0) is 44.0 Å². The Morgan fingerprint density at radius 3 is 2.41 bits per heavy atom. The van der Waals surface area contributed by atoms with E-state index in [2.05, 4.69) is 19.2 Å². The summed E-state index contributed by atoms with van der Waals surface area (Å²) in [7, 11) is 1.54. The molecule has 0 spiro atoms. The summed E-state index contributed by atoms with van der Waals surface area (Å²) in [5, 5.41) is 3.01. The minimum Gasteiger partial charge on any atom is -0.496 e. The molecule has 0 aliphatic heterocycles. The number of carbonyl (C=O) groups is 2. The van der Waals surface area contributed by atoms with Crippen molar-refractivity contribution < 1.29 is 14.3 Å². The second-order valence-corrected chi connectivity index (χ2v) is 7.82. The van der Waals surface area contributed by atoms with Crippen molar-refractivity contribution in [3.8, 4) is 5.75 Å². The highest BCUT2D eigenvalue weighted by Crippen LogP contribution is 2.23. The van der Waals surface area contributed by atoms with Crippen LogP contribution in [0.4, 0.5) is 0 Å². The number of nitrogens with one attached hydrogen (secondary N) is 1. The molecular weight excluding hydrogens is 404 g/mol. The maximum Gasteiger partial charge on any atom is 0.255 e. The highest BCUT2D eigenvalue weighted by atomic mass is 16.5. The average molecular weight is 437 g/mol. The van der Waals surface area contributed by atoms with Crippen molar-refractivity contribution in [1.29, 1.82) is 0 Å². The van der Waals surface area contributed by atoms with Crippen LogP contribution in [0.3, 0.4) is 0 Å². The fourth-order valence-electron chi connectivity index (χ4n) is 3.90. The van der Waals surface area contributed by atoms with Crippen molar-refractivity contribution in [3.63, 3.8) is 0 Å². The van der Waals surface area contributed by atoms with E-state index in [1.54, 1.807) is 25.3 Å². The lowest BCUT2D eigenvalue weighted by atomic mass is 10.1. The molecule has 2 aromatic carbocycles. The predicted molar refractivity (Wildman–Crippen MR) is 126 cm³/mol. The summed E-state index contributed by atoms with van der Waals surface area (Å²) < 4.78 is 7.24. The van der Waals surface area contributed by atoms with Crippen LogP contribution >= 0.6 is 0 Å². The van der Waals surface area contributed by atoms with E-state index in [9.17, 15) is 9.59 Å². The zero-order chi connectivity index (χ0) is 23.1. The molecule has 0 aliphatic carbocycles. The topological polar surface area (TPSA) is 76.5 Å². The fourth-order valence-corrected chi connectivity index (χ4v) is 3.90. The summed E-state index contributed by atoms with van der Waals surface area (Å²) in [5.41, 5.74) is 2.13. The van der Waals surface area contributed by atoms with Crippen LogP contribution in [0.1, 0.15) is 55.8 Å². The number of amides is 2. The van der Waals surface area contributed by atoms with Crippen molar-refractivity contribution in [2.45, 2.75) is 46.2 Å². The fraction of sp³-hybridized carbons (Fsp3) is 0.400. The number of rotatable bonds is 10. The Morgan fingerprint density at radius 1 is 1.06 bits per heavy atom. The Hall–Kier alpha value is -3.35. The third-order valence-corrected chi connectivity index (χ3v) is 5.40. The summed E-state index contributed by atoms with van der Waals surface area (Å²) in [6.45, 7) is 7.67. The lowest BCUT2D eigenvalue weighted by Crippen LogP contribution is -2.36. The maximum absolute atomic E-state index is 13.1. The summed E-state index contributed by atoms with van der Waals surface area (Å²) in [6, 6.07) is 14.4. The Bertz CT molecular complexity index is 1070. The van der Waals surface area contributed by atoms with E-state index in [0.29, 0.717) is 17.1 Å². The van der Waals surface area contributed by atoms with Gasteiger partial charge in [-0.2, -0.15) is 0 Å². The van der Waals surface area contributed by atoms with Gasteiger partial charge in [0.25, 0.3) is 5.91 Å². The molecule has 2 amide bonds. The average Bonchev–Trinajstić information content (AvgIpc) is 3.17. The van der Waals surface area contributed by atoms with Crippen LogP contribution in [0.15, 0.2) is 48.5 Å². The van der Waals surface area contributed by atoms with Gasteiger partial charge < -0.3 is 19.5 Å². The van der Waals surface area contributed by atoms with Crippen LogP contribution in [0.2, 0.25) is 0 Å². The van der Waals surface area contributed by atoms with Gasteiger partial charge in [-0.25, -0.2) is 4.98 Å². The largest absolute Gasteiger partial charge is 0.496 e. The van der Waals surface area contributed by atoms with Gasteiger partial charge in [-0.3, -0.25) is 9.59 Å². The first-order valence-corrected chi connectivity index (χ1v) is 11.2. The first-order valence-electron chi connectivity index (χ1n) is 11.2. The Labute approximate surface area is 189 Å². The zero-order valence-corrected chi connectivity index (χ0v) is 19.3. The number of fused-ring (bicyclic) bond motifs is 1. The molecule has 0 saturated heterocycles. The SMILES string of the molecule is CCCN(CCC)C(=O)Cn1c(C(C)NC(=O)c2ccccc2OC)nc2ccccc21. The molecule has 32 heavy (non-hydrogen) atoms. The highest BCUT2D eigenvalue weighted by Gasteiger charge is 2.23. The summed E-state index contributed by atoms with van der Waals surface area (Å²) in [5.74, 6) is 0.964. The smallest absolute Gasteiger partial charge is 0.255 e. The molecule has 0 fully saturated rings. The molecule has 1 unspecified atom stereocenters. The molecule has 3 rings (SSSR count). The van der Waals surface area contributed by atoms with E-state index >= 15 is 0 Å². The molecule has 0 saturated carbocycles. The van der Waals surface area contributed by atoms with Crippen LogP contribution in [-0.2, 0) is 11.3 Å². The molecule has 0 bridgehead atoms. The van der Waals surface area contributed by atoms with Crippen molar-refractivity contribution in [3.05, 3.63) is 59.9 Å². The molecular formula is C25H32N4O3. The van der Waals surface area contributed by atoms with Gasteiger partial charge in [0.2, 0.25) is 5.91 Å². The van der Waals surface area contributed by atoms with Gasteiger partial charge in [0.05, 0.1) is 29.7 Å². The van der Waals surface area contributed by atoms with Crippen LogP contribution in [-0.4, -0.2) is 46.5 Å². The number of benzene rings is 2. The van der Waals surface area contributed by atoms with E-state index in [-0.39, 0.29) is 18.4 Å². The first-order chi connectivity index (χ1) is 15.5. The summed E-state index contributed by atoms with van der Waals surface area (Å²) in [4.78, 5) is 32.7. The highest BCUT2D eigenvalue weighted by molar-refractivity contribution is 5.97. The lowest BCUT2D eigenvalue weighted by molar-refractivity contribution is -0.131. The van der Waals surface area contributed by atoms with Crippen molar-refractivity contribution >= 4 is 22.8 Å². The standard InChI is InChI=1S/C25H32N4O3/c1-5-15-28(16-6-2)23(30)17-29-21-13-9-8-12-20(21)27-24(29)18(3)26-25(31)19-11-7-10-14-22(19)32-4/h7-14,18H,5-6,15-17H2,1-4H3,(H,26,31). The number of hydrogen-bond donors (Lipinski definition) is 1. The minimum atomic E-state index is -0.404. The van der Waals surface area contributed by atoms with E-state index in [1.165, 1.54) is 0 Å². The summed E-state index contributed by atoms with van der Waals surface area (Å²) >= 11 is 0. The van der Waals surface area contributed by atoms with Gasteiger partial charge in [-0.1, -0.05) is 38.1 Å². The van der Waals surface area contributed by atoms with Crippen LogP contribution in [0.25, 0.3) is 11.0 Å². The molecule has 170 valence electrons. The second kappa shape index (κ2) is 10.8. The van der Waals surface area contributed by atoms with E-state index in [0.717, 1.165) is 37.0 Å². The van der Waals surface area contributed by atoms with Gasteiger partial charge in [0.1, 0.15) is 18.1 Å². The molecule has 1 heterocycles. The van der Waals surface area contributed by atoms with Crippen LogP contribution < -0.4 is 10.1 Å². The van der Waals surface area contributed by atoms with Gasteiger partial charge >= 0.3 is 0 Å². The van der Waals surface area contributed by atoms with Crippen molar-refractivity contribution in [2.24, 2.45) is 0 Å². The molecule has 1 atom stereocenters. The summed E-state index contributed by atoms with van der Waals surface area (Å²) in [6.07, 6.45) is 1.82. The number of nitrogens with zero attached hydrogens (tertiary/aromatic N) is 3. The predicted octanol–water partition coefficient (Wildman–Crippen LogP) is 4.18. The molecule has 7 heteroatoms. The van der Waals surface area contributed by atoms with Gasteiger partial charge in [0, 0.05) is 13.1 Å². The molecule has 7 nitrogen and oxygen atoms in total. The third kappa shape index (κ3) is 5.10. The molecule has 1 N–H and O–H groups in total. The quantitative estimate of drug-likeness (QED) is 0.517. The van der Waals surface area contributed by atoms with Gasteiger partial charge in [0.15, 0.2) is 0 Å². The van der Waals surface area contributed by atoms with E-state index < -0.39 is 6.04 Å².